The number of unbranched alkanes of at least 4 members (excludes halogenated alkanes) is 1. The van der Waals surface area contributed by atoms with Crippen molar-refractivity contribution in [3.8, 4) is 0 Å². The third kappa shape index (κ3) is 6.22. The Hall–Kier alpha value is -1.32. The third-order valence-electron chi connectivity index (χ3n) is 1.69. The molecule has 0 unspecified atom stereocenters. The van der Waals surface area contributed by atoms with Gasteiger partial charge in [-0.15, -0.1) is 0 Å². The summed E-state index contributed by atoms with van der Waals surface area (Å²) in [7, 11) is 0. The van der Waals surface area contributed by atoms with Gasteiger partial charge in [0.2, 0.25) is 0 Å². The van der Waals surface area contributed by atoms with E-state index in [4.69, 9.17) is 9.84 Å². The SMILES string of the molecule is C=C(CCC(=O)OCCCC)C(=O)O. The van der Waals surface area contributed by atoms with Crippen molar-refractivity contribution in [3.63, 3.8) is 0 Å². The van der Waals surface area contributed by atoms with E-state index >= 15 is 0 Å². The molecule has 0 aromatic carbocycles. The van der Waals surface area contributed by atoms with E-state index in [-0.39, 0.29) is 24.4 Å². The fourth-order valence-electron chi connectivity index (χ4n) is 0.762. The zero-order valence-corrected chi connectivity index (χ0v) is 8.41. The van der Waals surface area contributed by atoms with E-state index in [0.717, 1.165) is 12.8 Å². The number of hydrogen-bond acceptors (Lipinski definition) is 3. The van der Waals surface area contributed by atoms with Crippen molar-refractivity contribution in [1.82, 2.24) is 0 Å². The predicted molar refractivity (Wildman–Crippen MR) is 51.9 cm³/mol. The normalized spacial score (nSPS) is 9.50. The molecule has 80 valence electrons. The molecule has 4 nitrogen and oxygen atoms in total. The number of rotatable bonds is 7. The molecule has 0 atom stereocenters. The summed E-state index contributed by atoms with van der Waals surface area (Å²) >= 11 is 0. The molecule has 0 aromatic rings. The lowest BCUT2D eigenvalue weighted by molar-refractivity contribution is -0.143. The number of ether oxygens (including phenoxy) is 1. The highest BCUT2D eigenvalue weighted by molar-refractivity contribution is 5.86. The van der Waals surface area contributed by atoms with Crippen LogP contribution in [-0.4, -0.2) is 23.7 Å². The van der Waals surface area contributed by atoms with Gasteiger partial charge in [0.05, 0.1) is 6.61 Å². The number of esters is 1. The van der Waals surface area contributed by atoms with E-state index < -0.39 is 5.97 Å². The summed E-state index contributed by atoms with van der Waals surface area (Å²) in [5, 5.41) is 8.46. The lowest BCUT2D eigenvalue weighted by Gasteiger charge is -2.03. The summed E-state index contributed by atoms with van der Waals surface area (Å²) < 4.78 is 4.84. The minimum Gasteiger partial charge on any atom is -0.478 e. The summed E-state index contributed by atoms with van der Waals surface area (Å²) in [5.41, 5.74) is 0.0393. The van der Waals surface area contributed by atoms with Gasteiger partial charge in [-0.3, -0.25) is 4.79 Å². The summed E-state index contributed by atoms with van der Waals surface area (Å²) in [6.07, 6.45) is 2.05. The van der Waals surface area contributed by atoms with E-state index in [9.17, 15) is 9.59 Å². The van der Waals surface area contributed by atoms with Crippen molar-refractivity contribution in [3.05, 3.63) is 12.2 Å². The molecular formula is C10H16O4. The highest BCUT2D eigenvalue weighted by atomic mass is 16.5. The van der Waals surface area contributed by atoms with E-state index in [1.54, 1.807) is 0 Å². The molecule has 0 aliphatic rings. The van der Waals surface area contributed by atoms with E-state index in [2.05, 4.69) is 6.58 Å². The molecule has 0 saturated carbocycles. The molecule has 0 aromatic heterocycles. The van der Waals surface area contributed by atoms with Crippen LogP contribution in [0.15, 0.2) is 12.2 Å². The molecule has 0 spiro atoms. The van der Waals surface area contributed by atoms with E-state index in [0.29, 0.717) is 6.61 Å². The monoisotopic (exact) mass is 200 g/mol. The van der Waals surface area contributed by atoms with Crippen LogP contribution in [0.4, 0.5) is 0 Å². The molecule has 0 heterocycles. The predicted octanol–water partition coefficient (Wildman–Crippen LogP) is 1.75. The fraction of sp³-hybridized carbons (Fsp3) is 0.600. The van der Waals surface area contributed by atoms with Gasteiger partial charge >= 0.3 is 11.9 Å². The highest BCUT2D eigenvalue weighted by Crippen LogP contribution is 2.03. The van der Waals surface area contributed by atoms with Crippen LogP contribution in [0.3, 0.4) is 0 Å². The van der Waals surface area contributed by atoms with Gasteiger partial charge in [0.15, 0.2) is 0 Å². The highest BCUT2D eigenvalue weighted by Gasteiger charge is 2.08. The minimum atomic E-state index is -1.06. The number of hydrogen-bond donors (Lipinski definition) is 1. The Morgan fingerprint density at radius 2 is 2.00 bits per heavy atom. The number of carbonyl (C=O) groups is 2. The lowest BCUT2D eigenvalue weighted by atomic mass is 10.2. The van der Waals surface area contributed by atoms with Gasteiger partial charge < -0.3 is 9.84 Å². The van der Waals surface area contributed by atoms with Gasteiger partial charge in [0.1, 0.15) is 0 Å². The second-order valence-corrected chi connectivity index (χ2v) is 2.98. The molecular weight excluding hydrogens is 184 g/mol. The van der Waals surface area contributed by atoms with Crippen molar-refractivity contribution in [1.29, 1.82) is 0 Å². The summed E-state index contributed by atoms with van der Waals surface area (Å²) in [5.74, 6) is -1.42. The minimum absolute atomic E-state index is 0.0393. The van der Waals surface area contributed by atoms with Gasteiger partial charge in [-0.25, -0.2) is 4.79 Å². The summed E-state index contributed by atoms with van der Waals surface area (Å²) in [4.78, 5) is 21.3. The molecule has 4 heteroatoms. The van der Waals surface area contributed by atoms with E-state index in [1.807, 2.05) is 6.92 Å². The Bertz CT molecular complexity index is 220. The van der Waals surface area contributed by atoms with Gasteiger partial charge in [0.25, 0.3) is 0 Å². The van der Waals surface area contributed by atoms with Crippen molar-refractivity contribution < 1.29 is 19.4 Å². The van der Waals surface area contributed by atoms with Crippen LogP contribution in [0, 0.1) is 0 Å². The zero-order valence-electron chi connectivity index (χ0n) is 8.41. The molecule has 14 heavy (non-hydrogen) atoms. The first-order chi connectivity index (χ1) is 6.57. The zero-order chi connectivity index (χ0) is 11.0. The second-order valence-electron chi connectivity index (χ2n) is 2.98. The van der Waals surface area contributed by atoms with Crippen molar-refractivity contribution >= 4 is 11.9 Å². The van der Waals surface area contributed by atoms with Crippen LogP contribution < -0.4 is 0 Å². The number of aliphatic carboxylic acids is 1. The quantitative estimate of drug-likeness (QED) is 0.386. The maximum absolute atomic E-state index is 11.0. The lowest BCUT2D eigenvalue weighted by Crippen LogP contribution is -2.08. The third-order valence-corrected chi connectivity index (χ3v) is 1.69. The van der Waals surface area contributed by atoms with Crippen LogP contribution >= 0.6 is 0 Å². The Labute approximate surface area is 83.6 Å². The maximum atomic E-state index is 11.0. The molecule has 0 aliphatic carbocycles. The van der Waals surface area contributed by atoms with Gasteiger partial charge in [-0.1, -0.05) is 19.9 Å². The fourth-order valence-corrected chi connectivity index (χ4v) is 0.762. The number of carbonyl (C=O) groups excluding carboxylic acids is 1. The van der Waals surface area contributed by atoms with Gasteiger partial charge in [0, 0.05) is 12.0 Å². The smallest absolute Gasteiger partial charge is 0.330 e. The first-order valence-corrected chi connectivity index (χ1v) is 4.64. The number of carboxylic acid groups (broad SMARTS) is 1. The number of carboxylic acids is 1. The van der Waals surface area contributed by atoms with E-state index in [1.165, 1.54) is 0 Å². The molecule has 0 radical (unpaired) electrons. The maximum Gasteiger partial charge on any atom is 0.330 e. The molecule has 0 fully saturated rings. The molecule has 0 amide bonds. The van der Waals surface area contributed by atoms with Crippen LogP contribution in [-0.2, 0) is 14.3 Å². The Morgan fingerprint density at radius 1 is 1.36 bits per heavy atom. The second kappa shape index (κ2) is 7.12. The topological polar surface area (TPSA) is 63.6 Å². The van der Waals surface area contributed by atoms with Crippen LogP contribution in [0.5, 0.6) is 0 Å². The van der Waals surface area contributed by atoms with Crippen LogP contribution in [0.25, 0.3) is 0 Å². The van der Waals surface area contributed by atoms with Crippen molar-refractivity contribution in [2.75, 3.05) is 6.61 Å². The average molecular weight is 200 g/mol. The Balaban J connectivity index is 3.54. The molecule has 0 saturated heterocycles. The van der Waals surface area contributed by atoms with Crippen LogP contribution in [0.1, 0.15) is 32.6 Å². The molecule has 0 rings (SSSR count). The van der Waals surface area contributed by atoms with Gasteiger partial charge in [-0.05, 0) is 12.8 Å². The first kappa shape index (κ1) is 12.7. The summed E-state index contributed by atoms with van der Waals surface area (Å²) in [6, 6.07) is 0. The standard InChI is InChI=1S/C10H16O4/c1-3-4-7-14-9(11)6-5-8(2)10(12)13/h2-7H2,1H3,(H,12,13). The van der Waals surface area contributed by atoms with Crippen molar-refractivity contribution in [2.24, 2.45) is 0 Å². The molecule has 0 bridgehead atoms. The largest absolute Gasteiger partial charge is 0.478 e. The van der Waals surface area contributed by atoms with Crippen LogP contribution in [0.2, 0.25) is 0 Å². The van der Waals surface area contributed by atoms with Crippen molar-refractivity contribution in [2.45, 2.75) is 32.6 Å². The molecule has 1 N–H and O–H groups in total. The Morgan fingerprint density at radius 3 is 2.50 bits per heavy atom. The summed E-state index contributed by atoms with van der Waals surface area (Å²) in [6.45, 7) is 5.73. The Kier molecular flexibility index (Phi) is 6.45. The first-order valence-electron chi connectivity index (χ1n) is 4.64. The molecule has 0 aliphatic heterocycles. The average Bonchev–Trinajstić information content (AvgIpc) is 2.14. The van der Waals surface area contributed by atoms with Gasteiger partial charge in [-0.2, -0.15) is 0 Å².